The summed E-state index contributed by atoms with van der Waals surface area (Å²) in [5, 5.41) is 5.13. The monoisotopic (exact) mass is 328 g/mol. The molecule has 0 aliphatic carbocycles. The first kappa shape index (κ1) is 13.4. The quantitative estimate of drug-likeness (QED) is 0.848. The number of hydrogen-bond acceptors (Lipinski definition) is 2. The van der Waals surface area contributed by atoms with Gasteiger partial charge in [0.15, 0.2) is 0 Å². The van der Waals surface area contributed by atoms with Crippen LogP contribution in [-0.4, -0.2) is 9.78 Å². The molecule has 2 rings (SSSR count). The van der Waals surface area contributed by atoms with Crippen molar-refractivity contribution in [2.75, 3.05) is 0 Å². The van der Waals surface area contributed by atoms with E-state index in [4.69, 9.17) is 16.3 Å². The summed E-state index contributed by atoms with van der Waals surface area (Å²) in [5.41, 5.74) is 2.08. The maximum Gasteiger partial charge on any atom is 0.131 e. The topological polar surface area (TPSA) is 27.1 Å². The van der Waals surface area contributed by atoms with Crippen LogP contribution < -0.4 is 4.74 Å². The molecule has 0 saturated heterocycles. The van der Waals surface area contributed by atoms with Crippen molar-refractivity contribution in [3.63, 3.8) is 0 Å². The van der Waals surface area contributed by atoms with Crippen molar-refractivity contribution < 1.29 is 4.74 Å². The lowest BCUT2D eigenvalue weighted by atomic mass is 10.3. The number of rotatable bonds is 4. The largest absolute Gasteiger partial charge is 0.487 e. The number of halogens is 2. The van der Waals surface area contributed by atoms with Crippen molar-refractivity contribution in [3.8, 4) is 5.75 Å². The fourth-order valence-electron chi connectivity index (χ4n) is 1.66. The third kappa shape index (κ3) is 2.87. The van der Waals surface area contributed by atoms with Crippen LogP contribution in [0.4, 0.5) is 0 Å². The van der Waals surface area contributed by atoms with Crippen LogP contribution in [0.15, 0.2) is 28.7 Å². The van der Waals surface area contributed by atoms with Gasteiger partial charge in [-0.05, 0) is 46.6 Å². The SMILES string of the molecule is CCc1nn(C)c(COc2ccc(Cl)cc2)c1Br. The zero-order valence-electron chi connectivity index (χ0n) is 10.3. The van der Waals surface area contributed by atoms with E-state index in [0.29, 0.717) is 11.6 Å². The van der Waals surface area contributed by atoms with Gasteiger partial charge in [0.25, 0.3) is 0 Å². The molecule has 1 heterocycles. The Bertz CT molecular complexity index is 537. The van der Waals surface area contributed by atoms with E-state index in [1.807, 2.05) is 36.0 Å². The van der Waals surface area contributed by atoms with Gasteiger partial charge >= 0.3 is 0 Å². The zero-order chi connectivity index (χ0) is 13.1. The zero-order valence-corrected chi connectivity index (χ0v) is 12.6. The van der Waals surface area contributed by atoms with E-state index in [9.17, 15) is 0 Å². The average molecular weight is 330 g/mol. The summed E-state index contributed by atoms with van der Waals surface area (Å²) in [6.45, 7) is 2.56. The lowest BCUT2D eigenvalue weighted by Crippen LogP contribution is -2.03. The molecule has 1 aromatic carbocycles. The van der Waals surface area contributed by atoms with Crippen molar-refractivity contribution in [1.29, 1.82) is 0 Å². The predicted molar refractivity (Wildman–Crippen MR) is 76.1 cm³/mol. The molecule has 5 heteroatoms. The highest BCUT2D eigenvalue weighted by atomic mass is 79.9. The van der Waals surface area contributed by atoms with Crippen LogP contribution in [0.3, 0.4) is 0 Å². The van der Waals surface area contributed by atoms with Gasteiger partial charge in [-0.3, -0.25) is 4.68 Å². The Balaban J connectivity index is 2.10. The van der Waals surface area contributed by atoms with Gasteiger partial charge in [0.2, 0.25) is 0 Å². The fraction of sp³-hybridized carbons (Fsp3) is 0.308. The molecular weight excluding hydrogens is 316 g/mol. The van der Waals surface area contributed by atoms with E-state index in [1.54, 1.807) is 0 Å². The summed E-state index contributed by atoms with van der Waals surface area (Å²) in [5.74, 6) is 0.797. The second-order valence-corrected chi connectivity index (χ2v) is 5.16. The second kappa shape index (κ2) is 5.76. The summed E-state index contributed by atoms with van der Waals surface area (Å²) < 4.78 is 8.59. The molecule has 1 aromatic heterocycles. The van der Waals surface area contributed by atoms with Crippen molar-refractivity contribution in [2.45, 2.75) is 20.0 Å². The Labute approximate surface area is 120 Å². The third-order valence-electron chi connectivity index (χ3n) is 2.69. The van der Waals surface area contributed by atoms with Crippen molar-refractivity contribution in [2.24, 2.45) is 7.05 Å². The van der Waals surface area contributed by atoms with Gasteiger partial charge in [-0.1, -0.05) is 18.5 Å². The van der Waals surface area contributed by atoms with E-state index in [0.717, 1.165) is 28.0 Å². The third-order valence-corrected chi connectivity index (χ3v) is 3.86. The van der Waals surface area contributed by atoms with E-state index in [-0.39, 0.29) is 0 Å². The predicted octanol–water partition coefficient (Wildman–Crippen LogP) is 3.98. The van der Waals surface area contributed by atoms with Gasteiger partial charge in [-0.15, -0.1) is 0 Å². The Morgan fingerprint density at radius 3 is 2.56 bits per heavy atom. The number of benzene rings is 1. The highest BCUT2D eigenvalue weighted by molar-refractivity contribution is 9.10. The van der Waals surface area contributed by atoms with Gasteiger partial charge in [0.05, 0.1) is 15.9 Å². The molecule has 0 fully saturated rings. The normalized spacial score (nSPS) is 10.7. The van der Waals surface area contributed by atoms with Crippen LogP contribution in [0.1, 0.15) is 18.3 Å². The summed E-state index contributed by atoms with van der Waals surface area (Å²) in [4.78, 5) is 0. The fourth-order valence-corrected chi connectivity index (χ4v) is 2.52. The van der Waals surface area contributed by atoms with Crippen LogP contribution in [0.25, 0.3) is 0 Å². The summed E-state index contributed by atoms with van der Waals surface area (Å²) in [7, 11) is 1.92. The Hall–Kier alpha value is -1.000. The molecule has 18 heavy (non-hydrogen) atoms. The minimum absolute atomic E-state index is 0.478. The summed E-state index contributed by atoms with van der Waals surface area (Å²) in [6, 6.07) is 7.33. The number of nitrogens with zero attached hydrogens (tertiary/aromatic N) is 2. The molecule has 0 N–H and O–H groups in total. The van der Waals surface area contributed by atoms with Crippen molar-refractivity contribution in [1.82, 2.24) is 9.78 Å². The Morgan fingerprint density at radius 2 is 2.00 bits per heavy atom. The second-order valence-electron chi connectivity index (χ2n) is 3.93. The molecule has 0 spiro atoms. The van der Waals surface area contributed by atoms with Crippen molar-refractivity contribution in [3.05, 3.63) is 45.1 Å². The van der Waals surface area contributed by atoms with E-state index >= 15 is 0 Å². The Kier molecular flexibility index (Phi) is 4.30. The number of aromatic nitrogens is 2. The first-order chi connectivity index (χ1) is 8.61. The van der Waals surface area contributed by atoms with E-state index in [1.165, 1.54) is 0 Å². The minimum atomic E-state index is 0.478. The van der Waals surface area contributed by atoms with Gasteiger partial charge < -0.3 is 4.74 Å². The standard InChI is InChI=1S/C13H14BrClN2O/c1-3-11-13(14)12(17(2)16-11)8-18-10-6-4-9(15)5-7-10/h4-7H,3,8H2,1-2H3. The van der Waals surface area contributed by atoms with Crippen LogP contribution in [0.2, 0.25) is 5.02 Å². The molecule has 2 aromatic rings. The van der Waals surface area contributed by atoms with E-state index in [2.05, 4.69) is 28.0 Å². The average Bonchev–Trinajstić information content (AvgIpc) is 2.64. The van der Waals surface area contributed by atoms with Gasteiger partial charge in [-0.2, -0.15) is 5.10 Å². The molecular formula is C13H14BrClN2O. The minimum Gasteiger partial charge on any atom is -0.487 e. The van der Waals surface area contributed by atoms with Crippen LogP contribution >= 0.6 is 27.5 Å². The van der Waals surface area contributed by atoms with Gasteiger partial charge in [0.1, 0.15) is 12.4 Å². The Morgan fingerprint density at radius 1 is 1.33 bits per heavy atom. The highest BCUT2D eigenvalue weighted by Gasteiger charge is 2.12. The molecule has 0 radical (unpaired) electrons. The van der Waals surface area contributed by atoms with E-state index < -0.39 is 0 Å². The molecule has 0 amide bonds. The molecule has 3 nitrogen and oxygen atoms in total. The number of hydrogen-bond donors (Lipinski definition) is 0. The number of aryl methyl sites for hydroxylation is 2. The molecule has 0 atom stereocenters. The molecule has 96 valence electrons. The maximum absolute atomic E-state index is 5.82. The summed E-state index contributed by atoms with van der Waals surface area (Å²) >= 11 is 9.39. The smallest absolute Gasteiger partial charge is 0.131 e. The molecule has 0 aliphatic heterocycles. The van der Waals surface area contributed by atoms with Crippen LogP contribution in [0, 0.1) is 0 Å². The van der Waals surface area contributed by atoms with Gasteiger partial charge in [0, 0.05) is 12.1 Å². The first-order valence-electron chi connectivity index (χ1n) is 5.70. The maximum atomic E-state index is 5.82. The van der Waals surface area contributed by atoms with Crippen LogP contribution in [0.5, 0.6) is 5.75 Å². The first-order valence-corrected chi connectivity index (χ1v) is 6.87. The molecule has 0 unspecified atom stereocenters. The lowest BCUT2D eigenvalue weighted by molar-refractivity contribution is 0.294. The van der Waals surface area contributed by atoms with Crippen molar-refractivity contribution >= 4 is 27.5 Å². The summed E-state index contributed by atoms with van der Waals surface area (Å²) in [6.07, 6.45) is 0.898. The highest BCUT2D eigenvalue weighted by Crippen LogP contribution is 2.23. The van der Waals surface area contributed by atoms with Gasteiger partial charge in [-0.25, -0.2) is 0 Å². The molecule has 0 saturated carbocycles. The number of ether oxygens (including phenoxy) is 1. The molecule has 0 bridgehead atoms. The lowest BCUT2D eigenvalue weighted by Gasteiger charge is -2.07. The van der Waals surface area contributed by atoms with Crippen LogP contribution in [-0.2, 0) is 20.1 Å². The molecule has 0 aliphatic rings.